The summed E-state index contributed by atoms with van der Waals surface area (Å²) in [6, 6.07) is 5.05. The zero-order chi connectivity index (χ0) is 18.2. The van der Waals surface area contributed by atoms with Crippen LogP contribution in [0, 0.1) is 0 Å². The van der Waals surface area contributed by atoms with Gasteiger partial charge in [-0.1, -0.05) is 18.5 Å². The molecule has 2 N–H and O–H groups in total. The Hall–Kier alpha value is -1.99. The van der Waals surface area contributed by atoms with Gasteiger partial charge < -0.3 is 20.3 Å². The Balaban J connectivity index is 1.81. The van der Waals surface area contributed by atoms with Crippen LogP contribution in [0.5, 0.6) is 5.75 Å². The van der Waals surface area contributed by atoms with Crippen LogP contribution in [0.25, 0.3) is 0 Å². The number of nitrogens with one attached hydrogen (secondary N) is 2. The summed E-state index contributed by atoms with van der Waals surface area (Å²) in [7, 11) is 1.54. The molecule has 1 aromatic carbocycles. The second kappa shape index (κ2) is 9.48. The van der Waals surface area contributed by atoms with E-state index in [0.717, 1.165) is 6.42 Å². The van der Waals surface area contributed by atoms with Gasteiger partial charge in [-0.3, -0.25) is 9.69 Å². The van der Waals surface area contributed by atoms with Crippen molar-refractivity contribution in [3.8, 4) is 5.75 Å². The number of benzene rings is 1. The van der Waals surface area contributed by atoms with Crippen LogP contribution < -0.4 is 15.4 Å². The van der Waals surface area contributed by atoms with E-state index in [1.807, 2.05) is 11.8 Å². The summed E-state index contributed by atoms with van der Waals surface area (Å²) < 4.78 is 5.23. The van der Waals surface area contributed by atoms with Gasteiger partial charge in [0.1, 0.15) is 5.75 Å². The van der Waals surface area contributed by atoms with Crippen molar-refractivity contribution in [2.24, 2.45) is 0 Å². The van der Waals surface area contributed by atoms with E-state index in [1.54, 1.807) is 30.2 Å². The molecule has 0 aromatic heterocycles. The minimum Gasteiger partial charge on any atom is -0.495 e. The first kappa shape index (κ1) is 19.3. The molecule has 0 bridgehead atoms. The third-order valence-electron chi connectivity index (χ3n) is 3.99. The van der Waals surface area contributed by atoms with E-state index in [2.05, 4.69) is 10.6 Å². The fraction of sp³-hybridized carbons (Fsp3) is 0.529. The van der Waals surface area contributed by atoms with E-state index in [4.69, 9.17) is 16.3 Å². The summed E-state index contributed by atoms with van der Waals surface area (Å²) in [5.41, 5.74) is 0.553. The highest BCUT2D eigenvalue weighted by atomic mass is 35.5. The molecule has 1 aromatic rings. The first-order chi connectivity index (χ1) is 12.0. The smallest absolute Gasteiger partial charge is 0.317 e. The Bertz CT molecular complexity index is 604. The lowest BCUT2D eigenvalue weighted by molar-refractivity contribution is -0.117. The van der Waals surface area contributed by atoms with E-state index in [0.29, 0.717) is 49.2 Å². The number of hydrogen-bond donors (Lipinski definition) is 2. The topological polar surface area (TPSA) is 73.9 Å². The van der Waals surface area contributed by atoms with Gasteiger partial charge in [0.2, 0.25) is 5.91 Å². The Morgan fingerprint density at radius 2 is 1.96 bits per heavy atom. The number of carbonyl (C=O) groups is 2. The lowest BCUT2D eigenvalue weighted by Gasteiger charge is -2.34. The van der Waals surface area contributed by atoms with Gasteiger partial charge in [-0.05, 0) is 24.6 Å². The van der Waals surface area contributed by atoms with Crippen LogP contribution in [-0.4, -0.2) is 68.1 Å². The monoisotopic (exact) mass is 368 g/mol. The second-order valence-electron chi connectivity index (χ2n) is 5.89. The molecule has 1 heterocycles. The van der Waals surface area contributed by atoms with E-state index in [9.17, 15) is 9.59 Å². The second-order valence-corrected chi connectivity index (χ2v) is 6.32. The summed E-state index contributed by atoms with van der Waals surface area (Å²) >= 11 is 5.97. The van der Waals surface area contributed by atoms with Crippen molar-refractivity contribution in [2.45, 2.75) is 13.3 Å². The molecule has 138 valence electrons. The zero-order valence-electron chi connectivity index (χ0n) is 14.7. The Labute approximate surface area is 153 Å². The molecule has 1 aliphatic heterocycles. The number of halogens is 1. The maximum atomic E-state index is 12.3. The van der Waals surface area contributed by atoms with Crippen molar-refractivity contribution >= 4 is 29.2 Å². The fourth-order valence-corrected chi connectivity index (χ4v) is 2.80. The van der Waals surface area contributed by atoms with Gasteiger partial charge in [0.25, 0.3) is 0 Å². The molecule has 0 aliphatic carbocycles. The number of rotatable bonds is 6. The Morgan fingerprint density at radius 3 is 2.60 bits per heavy atom. The number of amides is 3. The number of hydrogen-bond acceptors (Lipinski definition) is 4. The molecule has 1 saturated heterocycles. The predicted octanol–water partition coefficient (Wildman–Crippen LogP) is 2.02. The first-order valence-electron chi connectivity index (χ1n) is 8.42. The first-order valence-corrected chi connectivity index (χ1v) is 8.79. The number of carbonyl (C=O) groups excluding carboxylic acids is 2. The van der Waals surface area contributed by atoms with Crippen LogP contribution >= 0.6 is 11.6 Å². The fourth-order valence-electron chi connectivity index (χ4n) is 2.62. The predicted molar refractivity (Wildman–Crippen MR) is 98.3 cm³/mol. The quantitative estimate of drug-likeness (QED) is 0.805. The molecule has 0 unspecified atom stereocenters. The lowest BCUT2D eigenvalue weighted by Crippen LogP contribution is -2.53. The number of piperazine rings is 1. The van der Waals surface area contributed by atoms with Gasteiger partial charge in [-0.2, -0.15) is 0 Å². The number of ether oxygens (including phenoxy) is 1. The molecule has 7 nitrogen and oxygen atoms in total. The Kier molecular flexibility index (Phi) is 7.33. The Morgan fingerprint density at radius 1 is 1.24 bits per heavy atom. The maximum absolute atomic E-state index is 12.3. The number of methoxy groups -OCH3 is 1. The van der Waals surface area contributed by atoms with Crippen LogP contribution in [0.3, 0.4) is 0 Å². The highest BCUT2D eigenvalue weighted by Gasteiger charge is 2.22. The third-order valence-corrected chi connectivity index (χ3v) is 4.22. The van der Waals surface area contributed by atoms with Crippen molar-refractivity contribution in [2.75, 3.05) is 51.7 Å². The summed E-state index contributed by atoms with van der Waals surface area (Å²) in [5.74, 6) is 0.430. The minimum absolute atomic E-state index is 0.0328. The van der Waals surface area contributed by atoms with Crippen molar-refractivity contribution in [1.29, 1.82) is 0 Å². The normalized spacial score (nSPS) is 14.9. The summed E-state index contributed by atoms with van der Waals surface area (Å²) in [6.07, 6.45) is 0.916. The van der Waals surface area contributed by atoms with Crippen LogP contribution in [-0.2, 0) is 4.79 Å². The number of urea groups is 1. The van der Waals surface area contributed by atoms with E-state index >= 15 is 0 Å². The van der Waals surface area contributed by atoms with E-state index in [-0.39, 0.29) is 18.5 Å². The number of nitrogens with zero attached hydrogens (tertiary/aromatic N) is 2. The summed E-state index contributed by atoms with van der Waals surface area (Å²) in [5, 5.41) is 6.23. The van der Waals surface area contributed by atoms with Gasteiger partial charge in [0.15, 0.2) is 0 Å². The molecule has 25 heavy (non-hydrogen) atoms. The molecule has 0 spiro atoms. The highest BCUT2D eigenvalue weighted by molar-refractivity contribution is 6.31. The van der Waals surface area contributed by atoms with Crippen LogP contribution in [0.2, 0.25) is 5.02 Å². The van der Waals surface area contributed by atoms with Crippen molar-refractivity contribution in [3.05, 3.63) is 23.2 Å². The molecule has 8 heteroatoms. The van der Waals surface area contributed by atoms with Gasteiger partial charge in [0.05, 0.1) is 19.3 Å². The molecule has 1 aliphatic rings. The molecule has 0 atom stereocenters. The minimum atomic E-state index is -0.135. The van der Waals surface area contributed by atoms with Crippen molar-refractivity contribution in [3.63, 3.8) is 0 Å². The summed E-state index contributed by atoms with van der Waals surface area (Å²) in [6.45, 7) is 5.53. The van der Waals surface area contributed by atoms with Crippen LogP contribution in [0.4, 0.5) is 10.5 Å². The maximum Gasteiger partial charge on any atom is 0.317 e. The van der Waals surface area contributed by atoms with Gasteiger partial charge >= 0.3 is 6.03 Å². The largest absolute Gasteiger partial charge is 0.495 e. The van der Waals surface area contributed by atoms with Crippen molar-refractivity contribution in [1.82, 2.24) is 15.1 Å². The van der Waals surface area contributed by atoms with Crippen LogP contribution in [0.1, 0.15) is 13.3 Å². The van der Waals surface area contributed by atoms with E-state index in [1.165, 1.54) is 0 Å². The van der Waals surface area contributed by atoms with Crippen molar-refractivity contribution < 1.29 is 14.3 Å². The average Bonchev–Trinajstić information content (AvgIpc) is 2.60. The molecule has 0 saturated carbocycles. The number of anilines is 1. The van der Waals surface area contributed by atoms with E-state index < -0.39 is 0 Å². The molecule has 0 radical (unpaired) electrons. The zero-order valence-corrected chi connectivity index (χ0v) is 15.4. The average molecular weight is 369 g/mol. The summed E-state index contributed by atoms with van der Waals surface area (Å²) in [4.78, 5) is 28.0. The van der Waals surface area contributed by atoms with Gasteiger partial charge in [0, 0.05) is 37.7 Å². The van der Waals surface area contributed by atoms with Gasteiger partial charge in [-0.15, -0.1) is 0 Å². The molecular weight excluding hydrogens is 344 g/mol. The SMILES string of the molecule is CCCNC(=O)N1CCN(CC(=O)Nc2cc(Cl)ccc2OC)CC1. The standard InChI is InChI=1S/C17H25ClN4O3/c1-3-6-19-17(24)22-9-7-21(8-10-22)12-16(23)20-14-11-13(18)4-5-15(14)25-2/h4-5,11H,3,6-10,12H2,1-2H3,(H,19,24)(H,20,23). The van der Waals surface area contributed by atoms with Crippen LogP contribution in [0.15, 0.2) is 18.2 Å². The van der Waals surface area contributed by atoms with Gasteiger partial charge in [-0.25, -0.2) is 4.79 Å². The highest BCUT2D eigenvalue weighted by Crippen LogP contribution is 2.27. The molecule has 1 fully saturated rings. The third kappa shape index (κ3) is 5.79. The molecule has 3 amide bonds. The lowest BCUT2D eigenvalue weighted by atomic mass is 10.2. The molecular formula is C17H25ClN4O3. The molecule has 2 rings (SSSR count).